The fourth-order valence-corrected chi connectivity index (χ4v) is 3.31. The summed E-state index contributed by atoms with van der Waals surface area (Å²) in [4.78, 5) is 16.4. The summed E-state index contributed by atoms with van der Waals surface area (Å²) in [5, 5.41) is 0. The van der Waals surface area contributed by atoms with Gasteiger partial charge >= 0.3 is 0 Å². The molecule has 0 radical (unpaired) electrons. The summed E-state index contributed by atoms with van der Waals surface area (Å²) < 4.78 is 10.7. The maximum Gasteiger partial charge on any atom is 0.236 e. The van der Waals surface area contributed by atoms with Crippen molar-refractivity contribution in [1.29, 1.82) is 0 Å². The number of carbonyl (C=O) groups excluding carboxylic acids is 1. The lowest BCUT2D eigenvalue weighted by Crippen LogP contribution is -2.57. The molecule has 0 aliphatic carbocycles. The molecule has 0 spiro atoms. The highest BCUT2D eigenvalue weighted by Gasteiger charge is 2.31. The zero-order chi connectivity index (χ0) is 18.5. The number of anilines is 1. The van der Waals surface area contributed by atoms with E-state index in [1.54, 1.807) is 14.2 Å². The number of methoxy groups -OCH3 is 2. The molecule has 0 saturated carbocycles. The van der Waals surface area contributed by atoms with E-state index in [9.17, 15) is 4.79 Å². The van der Waals surface area contributed by atoms with Crippen LogP contribution in [0.25, 0.3) is 0 Å². The van der Waals surface area contributed by atoms with E-state index in [0.717, 1.165) is 30.3 Å². The molecule has 3 rings (SSSR count). The predicted octanol–water partition coefficient (Wildman–Crippen LogP) is 1.88. The number of hydrogen-bond donors (Lipinski definition) is 1. The van der Waals surface area contributed by atoms with E-state index in [1.165, 1.54) is 5.56 Å². The van der Waals surface area contributed by atoms with E-state index >= 15 is 0 Å². The van der Waals surface area contributed by atoms with Crippen molar-refractivity contribution in [3.05, 3.63) is 54.1 Å². The van der Waals surface area contributed by atoms with Crippen LogP contribution in [0.3, 0.4) is 0 Å². The number of benzene rings is 2. The van der Waals surface area contributed by atoms with Crippen LogP contribution < -0.4 is 20.1 Å². The minimum absolute atomic E-state index is 0.305. The van der Waals surface area contributed by atoms with Crippen LogP contribution in [0.5, 0.6) is 11.5 Å². The quantitative estimate of drug-likeness (QED) is 0.857. The fraction of sp³-hybridized carbons (Fsp3) is 0.350. The van der Waals surface area contributed by atoms with E-state index in [0.29, 0.717) is 13.1 Å². The molecule has 1 aliphatic rings. The number of ether oxygens (including phenoxy) is 2. The second-order valence-corrected chi connectivity index (χ2v) is 6.39. The summed E-state index contributed by atoms with van der Waals surface area (Å²) in [5.74, 6) is 1.14. The predicted molar refractivity (Wildman–Crippen MR) is 102 cm³/mol. The molecule has 1 atom stereocenters. The van der Waals surface area contributed by atoms with Gasteiger partial charge in [0.2, 0.25) is 5.91 Å². The molecule has 1 saturated heterocycles. The van der Waals surface area contributed by atoms with Crippen LogP contribution in [0, 0.1) is 0 Å². The number of nitrogens with zero attached hydrogens (tertiary/aromatic N) is 2. The average molecular weight is 355 g/mol. The highest BCUT2D eigenvalue weighted by atomic mass is 16.5. The lowest BCUT2D eigenvalue weighted by molar-refractivity contribution is -0.123. The normalized spacial score (nSPS) is 17.8. The Hall–Kier alpha value is -2.73. The molecule has 6 nitrogen and oxygen atoms in total. The van der Waals surface area contributed by atoms with Crippen LogP contribution in [0.2, 0.25) is 0 Å². The summed E-state index contributed by atoms with van der Waals surface area (Å²) >= 11 is 0. The van der Waals surface area contributed by atoms with Crippen LogP contribution >= 0.6 is 0 Å². The largest absolute Gasteiger partial charge is 0.497 e. The number of nitrogens with two attached hydrogens (primary N) is 1. The van der Waals surface area contributed by atoms with Crippen LogP contribution in [0.1, 0.15) is 5.56 Å². The van der Waals surface area contributed by atoms with Crippen molar-refractivity contribution in [2.75, 3.05) is 38.8 Å². The molecule has 2 aromatic rings. The molecule has 0 bridgehead atoms. The Bertz CT molecular complexity index is 729. The Kier molecular flexibility index (Phi) is 5.63. The minimum atomic E-state index is -0.346. The van der Waals surface area contributed by atoms with Crippen LogP contribution in [0.15, 0.2) is 48.5 Å². The van der Waals surface area contributed by atoms with Crippen molar-refractivity contribution in [2.45, 2.75) is 12.6 Å². The number of carbonyl (C=O) groups is 1. The highest BCUT2D eigenvalue weighted by molar-refractivity contribution is 5.81. The van der Waals surface area contributed by atoms with Gasteiger partial charge in [-0.1, -0.05) is 30.3 Å². The lowest BCUT2D eigenvalue weighted by Gasteiger charge is -2.41. The monoisotopic (exact) mass is 355 g/mol. The minimum Gasteiger partial charge on any atom is -0.497 e. The van der Waals surface area contributed by atoms with Crippen LogP contribution in [0.4, 0.5) is 5.69 Å². The molecular weight excluding hydrogens is 330 g/mol. The topological polar surface area (TPSA) is 68.0 Å². The summed E-state index contributed by atoms with van der Waals surface area (Å²) in [6.45, 7) is 2.80. The van der Waals surface area contributed by atoms with E-state index in [1.807, 2.05) is 36.4 Å². The van der Waals surface area contributed by atoms with Gasteiger partial charge < -0.3 is 20.1 Å². The summed E-state index contributed by atoms with van der Waals surface area (Å²) in [6.07, 6.45) is 0. The molecule has 1 unspecified atom stereocenters. The Labute approximate surface area is 154 Å². The Morgan fingerprint density at radius 1 is 1.08 bits per heavy atom. The lowest BCUT2D eigenvalue weighted by atomic mass is 10.1. The smallest absolute Gasteiger partial charge is 0.236 e. The van der Waals surface area contributed by atoms with Crippen molar-refractivity contribution in [3.8, 4) is 11.5 Å². The molecule has 2 aromatic carbocycles. The Morgan fingerprint density at radius 2 is 1.73 bits per heavy atom. The van der Waals surface area contributed by atoms with Gasteiger partial charge in [-0.05, 0) is 5.56 Å². The van der Waals surface area contributed by atoms with Crippen molar-refractivity contribution < 1.29 is 14.3 Å². The average Bonchev–Trinajstić information content (AvgIpc) is 2.68. The van der Waals surface area contributed by atoms with Gasteiger partial charge in [0.1, 0.15) is 17.5 Å². The van der Waals surface area contributed by atoms with E-state index < -0.39 is 0 Å². The van der Waals surface area contributed by atoms with Gasteiger partial charge in [-0.15, -0.1) is 0 Å². The first-order valence-corrected chi connectivity index (χ1v) is 8.66. The number of amides is 1. The van der Waals surface area contributed by atoms with Gasteiger partial charge in [0, 0.05) is 50.1 Å². The first kappa shape index (κ1) is 18.1. The first-order chi connectivity index (χ1) is 12.6. The van der Waals surface area contributed by atoms with E-state index in [-0.39, 0.29) is 11.9 Å². The highest BCUT2D eigenvalue weighted by Crippen LogP contribution is 2.30. The molecule has 2 N–H and O–H groups in total. The number of primary amides is 1. The zero-order valence-electron chi connectivity index (χ0n) is 15.2. The molecule has 26 heavy (non-hydrogen) atoms. The maximum absolute atomic E-state index is 12.1. The van der Waals surface area contributed by atoms with Crippen molar-refractivity contribution in [2.24, 2.45) is 5.73 Å². The van der Waals surface area contributed by atoms with Crippen LogP contribution in [-0.4, -0.2) is 50.7 Å². The molecule has 6 heteroatoms. The van der Waals surface area contributed by atoms with Gasteiger partial charge in [-0.3, -0.25) is 9.69 Å². The third-order valence-corrected chi connectivity index (χ3v) is 4.75. The van der Waals surface area contributed by atoms with Crippen molar-refractivity contribution in [3.63, 3.8) is 0 Å². The Balaban J connectivity index is 1.78. The molecule has 1 heterocycles. The number of rotatable bonds is 6. The van der Waals surface area contributed by atoms with Gasteiger partial charge in [0.25, 0.3) is 0 Å². The van der Waals surface area contributed by atoms with Crippen molar-refractivity contribution in [1.82, 2.24) is 4.90 Å². The maximum atomic E-state index is 12.1. The number of piperazine rings is 1. The summed E-state index contributed by atoms with van der Waals surface area (Å²) in [6, 6.07) is 15.5. The summed E-state index contributed by atoms with van der Waals surface area (Å²) in [7, 11) is 3.26. The molecule has 1 amide bonds. The van der Waals surface area contributed by atoms with E-state index in [2.05, 4.69) is 21.9 Å². The first-order valence-electron chi connectivity index (χ1n) is 8.66. The summed E-state index contributed by atoms with van der Waals surface area (Å²) in [5.41, 5.74) is 7.85. The second kappa shape index (κ2) is 8.10. The van der Waals surface area contributed by atoms with Crippen molar-refractivity contribution >= 4 is 11.6 Å². The fourth-order valence-electron chi connectivity index (χ4n) is 3.31. The third-order valence-electron chi connectivity index (χ3n) is 4.75. The van der Waals surface area contributed by atoms with Gasteiger partial charge in [0.05, 0.1) is 14.2 Å². The second-order valence-electron chi connectivity index (χ2n) is 6.39. The van der Waals surface area contributed by atoms with Gasteiger partial charge in [-0.2, -0.15) is 0 Å². The molecular formula is C20H25N3O3. The molecule has 1 aliphatic heterocycles. The third kappa shape index (κ3) is 4.08. The van der Waals surface area contributed by atoms with Crippen LogP contribution in [-0.2, 0) is 11.3 Å². The van der Waals surface area contributed by atoms with Gasteiger partial charge in [-0.25, -0.2) is 0 Å². The SMILES string of the molecule is COc1cc(OC)cc(N2CCN(Cc3ccccc3)C(C(N)=O)C2)c1. The zero-order valence-corrected chi connectivity index (χ0v) is 15.2. The van der Waals surface area contributed by atoms with Gasteiger partial charge in [0.15, 0.2) is 0 Å². The standard InChI is InChI=1S/C20H25N3O3/c1-25-17-10-16(11-18(12-17)26-2)22-8-9-23(19(14-22)20(21)24)13-15-6-4-3-5-7-15/h3-7,10-12,19H,8-9,13-14H2,1-2H3,(H2,21,24). The molecule has 138 valence electrons. The van der Waals surface area contributed by atoms with E-state index in [4.69, 9.17) is 15.2 Å². The Morgan fingerprint density at radius 3 is 2.31 bits per heavy atom. The molecule has 1 fully saturated rings. The molecule has 0 aromatic heterocycles. The number of hydrogen-bond acceptors (Lipinski definition) is 5.